The first-order valence-corrected chi connectivity index (χ1v) is 13.0. The number of benzene rings is 1. The Labute approximate surface area is 202 Å². The Bertz CT molecular complexity index is 1190. The fourth-order valence-electron chi connectivity index (χ4n) is 3.91. The summed E-state index contributed by atoms with van der Waals surface area (Å²) in [6, 6.07) is 3.75. The number of sulfone groups is 1. The Morgan fingerprint density at radius 2 is 1.97 bits per heavy atom. The molecule has 1 aromatic heterocycles. The van der Waals surface area contributed by atoms with E-state index >= 15 is 0 Å². The van der Waals surface area contributed by atoms with Crippen LogP contribution in [0.2, 0.25) is 0 Å². The van der Waals surface area contributed by atoms with Crippen LogP contribution in [0.25, 0.3) is 6.08 Å². The Balaban J connectivity index is 1.94. The fourth-order valence-corrected chi connectivity index (χ4v) is 4.67. The van der Waals surface area contributed by atoms with E-state index in [9.17, 15) is 26.0 Å². The van der Waals surface area contributed by atoms with Crippen molar-refractivity contribution in [2.24, 2.45) is 5.92 Å². The van der Waals surface area contributed by atoms with Gasteiger partial charge in [0.05, 0.1) is 30.2 Å². The molecule has 0 N–H and O–H groups in total. The number of nitrogens with zero attached hydrogens (tertiary/aromatic N) is 4. The van der Waals surface area contributed by atoms with Gasteiger partial charge in [0.15, 0.2) is 9.84 Å². The molecular formula is C23H28F4N4O3S. The third-order valence-electron chi connectivity index (χ3n) is 5.72. The third kappa shape index (κ3) is 6.22. The van der Waals surface area contributed by atoms with Crippen LogP contribution in [0.15, 0.2) is 35.6 Å². The van der Waals surface area contributed by atoms with Crippen LogP contribution < -0.4 is 9.80 Å². The lowest BCUT2D eigenvalue weighted by Crippen LogP contribution is -2.56. The quantitative estimate of drug-likeness (QED) is 0.399. The molecular weight excluding hydrogens is 488 g/mol. The number of hydrogen-bond acceptors (Lipinski definition) is 7. The SMILES string of the molecule is CCOC=Cc1nc(N2CCN(c3ccc(F)c(S(C)(=O)=O)c3)C[C@H]2C(C)C)ncc1C(F)(F)F. The van der Waals surface area contributed by atoms with E-state index in [2.05, 4.69) is 9.97 Å². The highest BCUT2D eigenvalue weighted by atomic mass is 32.2. The molecule has 0 spiro atoms. The molecule has 3 rings (SSSR count). The number of rotatable bonds is 7. The largest absolute Gasteiger partial charge is 0.501 e. The lowest BCUT2D eigenvalue weighted by molar-refractivity contribution is -0.138. The zero-order chi connectivity index (χ0) is 26.0. The van der Waals surface area contributed by atoms with E-state index in [-0.39, 0.29) is 28.5 Å². The van der Waals surface area contributed by atoms with Gasteiger partial charge in [-0.15, -0.1) is 0 Å². The number of anilines is 2. The molecule has 0 amide bonds. The number of piperazine rings is 1. The van der Waals surface area contributed by atoms with Crippen molar-refractivity contribution < 1.29 is 30.7 Å². The van der Waals surface area contributed by atoms with Crippen LogP contribution in [0.4, 0.5) is 29.2 Å². The Morgan fingerprint density at radius 3 is 2.57 bits per heavy atom. The molecule has 1 aliphatic rings. The van der Waals surface area contributed by atoms with Crippen LogP contribution in [0.5, 0.6) is 0 Å². The smallest absolute Gasteiger partial charge is 0.419 e. The summed E-state index contributed by atoms with van der Waals surface area (Å²) >= 11 is 0. The normalized spacial score (nSPS) is 17.5. The fraction of sp³-hybridized carbons (Fsp3) is 0.478. The summed E-state index contributed by atoms with van der Waals surface area (Å²) in [6.07, 6.45) is -0.559. The minimum Gasteiger partial charge on any atom is -0.501 e. The second-order valence-corrected chi connectivity index (χ2v) is 10.5. The zero-order valence-corrected chi connectivity index (χ0v) is 20.7. The predicted octanol–water partition coefficient (Wildman–Crippen LogP) is 4.40. The highest BCUT2D eigenvalue weighted by Crippen LogP contribution is 2.33. The molecule has 1 fully saturated rings. The first-order chi connectivity index (χ1) is 16.3. The Morgan fingerprint density at radius 1 is 1.26 bits per heavy atom. The molecule has 7 nitrogen and oxygen atoms in total. The highest BCUT2D eigenvalue weighted by molar-refractivity contribution is 7.90. The van der Waals surface area contributed by atoms with E-state index in [4.69, 9.17) is 4.74 Å². The Hall–Kier alpha value is -2.89. The van der Waals surface area contributed by atoms with Crippen molar-refractivity contribution in [1.29, 1.82) is 0 Å². The lowest BCUT2D eigenvalue weighted by atomic mass is 9.99. The standard InChI is InChI=1S/C23H28F4N4O3S/c1-5-34-11-8-19-17(23(25,26)27)13-28-22(29-19)31-10-9-30(14-20(31)15(2)3)16-6-7-18(24)21(12-16)35(4,32)33/h6-8,11-13,15,20H,5,9-10,14H2,1-4H3/t20-/m0/s1. The van der Waals surface area contributed by atoms with Gasteiger partial charge < -0.3 is 14.5 Å². The lowest BCUT2D eigenvalue weighted by Gasteiger charge is -2.44. The molecule has 0 saturated carbocycles. The summed E-state index contributed by atoms with van der Waals surface area (Å²) in [7, 11) is -3.75. The Kier molecular flexibility index (Phi) is 7.93. The molecule has 0 aliphatic carbocycles. The van der Waals surface area contributed by atoms with Gasteiger partial charge in [0.1, 0.15) is 10.7 Å². The van der Waals surface area contributed by atoms with Crippen LogP contribution in [-0.2, 0) is 20.8 Å². The van der Waals surface area contributed by atoms with Gasteiger partial charge in [0.25, 0.3) is 0 Å². The minimum atomic E-state index is -4.62. The van der Waals surface area contributed by atoms with E-state index in [1.54, 1.807) is 6.92 Å². The molecule has 0 radical (unpaired) electrons. The maximum Gasteiger partial charge on any atom is 0.419 e. The van der Waals surface area contributed by atoms with Crippen molar-refractivity contribution in [2.75, 3.05) is 42.3 Å². The van der Waals surface area contributed by atoms with Gasteiger partial charge >= 0.3 is 6.18 Å². The third-order valence-corrected chi connectivity index (χ3v) is 6.84. The molecule has 1 atom stereocenters. The first kappa shape index (κ1) is 26.7. The number of ether oxygens (including phenoxy) is 1. The van der Waals surface area contributed by atoms with Gasteiger partial charge in [-0.2, -0.15) is 13.2 Å². The van der Waals surface area contributed by atoms with Crippen molar-refractivity contribution in [3.8, 4) is 0 Å². The summed E-state index contributed by atoms with van der Waals surface area (Å²) in [5, 5.41) is 0. The van der Waals surface area contributed by atoms with Crippen molar-refractivity contribution in [3.63, 3.8) is 0 Å². The average Bonchev–Trinajstić information content (AvgIpc) is 2.77. The van der Waals surface area contributed by atoms with E-state index in [0.29, 0.717) is 31.9 Å². The van der Waals surface area contributed by atoms with Gasteiger partial charge in [-0.3, -0.25) is 0 Å². The van der Waals surface area contributed by atoms with Crippen LogP contribution in [0, 0.1) is 11.7 Å². The average molecular weight is 517 g/mol. The van der Waals surface area contributed by atoms with Crippen molar-refractivity contribution in [1.82, 2.24) is 9.97 Å². The molecule has 1 aliphatic heterocycles. The van der Waals surface area contributed by atoms with Crippen LogP contribution in [-0.4, -0.2) is 56.9 Å². The monoisotopic (exact) mass is 516 g/mol. The molecule has 1 aromatic carbocycles. The van der Waals surface area contributed by atoms with Gasteiger partial charge in [-0.05, 0) is 37.1 Å². The molecule has 1 saturated heterocycles. The summed E-state index contributed by atoms with van der Waals surface area (Å²) in [5.74, 6) is -0.606. The number of alkyl halides is 3. The van der Waals surface area contributed by atoms with E-state index in [1.807, 2.05) is 23.6 Å². The van der Waals surface area contributed by atoms with Crippen molar-refractivity contribution >= 4 is 27.5 Å². The zero-order valence-electron chi connectivity index (χ0n) is 19.9. The van der Waals surface area contributed by atoms with Gasteiger partial charge in [-0.1, -0.05) is 13.8 Å². The van der Waals surface area contributed by atoms with Gasteiger partial charge in [-0.25, -0.2) is 22.8 Å². The van der Waals surface area contributed by atoms with E-state index < -0.39 is 27.4 Å². The molecule has 0 unspecified atom stereocenters. The maximum absolute atomic E-state index is 14.1. The number of aromatic nitrogens is 2. The van der Waals surface area contributed by atoms with Gasteiger partial charge in [0, 0.05) is 37.8 Å². The molecule has 12 heteroatoms. The number of halogens is 4. The number of hydrogen-bond donors (Lipinski definition) is 0. The van der Waals surface area contributed by atoms with Crippen LogP contribution >= 0.6 is 0 Å². The summed E-state index contributed by atoms with van der Waals surface area (Å²) in [5.41, 5.74) is -0.709. The van der Waals surface area contributed by atoms with Crippen LogP contribution in [0.1, 0.15) is 32.0 Å². The first-order valence-electron chi connectivity index (χ1n) is 11.1. The van der Waals surface area contributed by atoms with E-state index in [0.717, 1.165) is 18.5 Å². The van der Waals surface area contributed by atoms with Crippen molar-refractivity contribution in [2.45, 2.75) is 37.9 Å². The van der Waals surface area contributed by atoms with Gasteiger partial charge in [0.2, 0.25) is 5.95 Å². The van der Waals surface area contributed by atoms with E-state index in [1.165, 1.54) is 24.5 Å². The second kappa shape index (κ2) is 10.4. The minimum absolute atomic E-state index is 0.0564. The summed E-state index contributed by atoms with van der Waals surface area (Å²) in [6.45, 7) is 7.15. The molecule has 2 aromatic rings. The maximum atomic E-state index is 14.1. The molecule has 35 heavy (non-hydrogen) atoms. The summed E-state index contributed by atoms with van der Waals surface area (Å²) < 4.78 is 83.4. The highest BCUT2D eigenvalue weighted by Gasteiger charge is 2.36. The van der Waals surface area contributed by atoms with Crippen LogP contribution in [0.3, 0.4) is 0 Å². The second-order valence-electron chi connectivity index (χ2n) is 8.56. The predicted molar refractivity (Wildman–Crippen MR) is 125 cm³/mol. The topological polar surface area (TPSA) is 75.6 Å². The molecule has 0 bridgehead atoms. The van der Waals surface area contributed by atoms with Crippen molar-refractivity contribution in [3.05, 3.63) is 47.7 Å². The molecule has 192 valence electrons. The molecule has 2 heterocycles. The summed E-state index contributed by atoms with van der Waals surface area (Å²) in [4.78, 5) is 11.6.